The van der Waals surface area contributed by atoms with Crippen molar-refractivity contribution >= 4 is 23.3 Å². The molecule has 0 bridgehead atoms. The fourth-order valence-corrected chi connectivity index (χ4v) is 3.61. The van der Waals surface area contributed by atoms with Gasteiger partial charge in [-0.15, -0.1) is 0 Å². The van der Waals surface area contributed by atoms with Gasteiger partial charge in [0.1, 0.15) is 5.75 Å². The smallest absolute Gasteiger partial charge is 0.124 e. The van der Waals surface area contributed by atoms with Gasteiger partial charge in [0.2, 0.25) is 0 Å². The van der Waals surface area contributed by atoms with Gasteiger partial charge in [-0.25, -0.2) is 0 Å². The molecule has 0 saturated carbocycles. The Kier molecular flexibility index (Phi) is 5.29. The van der Waals surface area contributed by atoms with Gasteiger partial charge in [0.05, 0.1) is 5.69 Å². The lowest BCUT2D eigenvalue weighted by atomic mass is 10.1. The Balaban J connectivity index is 1.39. The average Bonchev–Trinajstić information content (AvgIpc) is 2.74. The maximum atomic E-state index is 9.82. The van der Waals surface area contributed by atoms with Gasteiger partial charge in [0.15, 0.2) is 0 Å². The molecule has 1 aliphatic rings. The third kappa shape index (κ3) is 4.01. The number of para-hydroxylation sites is 2. The minimum Gasteiger partial charge on any atom is -0.507 e. The van der Waals surface area contributed by atoms with Crippen LogP contribution in [-0.4, -0.2) is 37.5 Å². The summed E-state index contributed by atoms with van der Waals surface area (Å²) in [5.41, 5.74) is 5.51. The van der Waals surface area contributed by atoms with E-state index in [-0.39, 0.29) is 5.75 Å². The number of aryl methyl sites for hydroxylation is 1. The minimum absolute atomic E-state index is 0.245. The highest BCUT2D eigenvalue weighted by Crippen LogP contribution is 2.25. The number of hydrogen-bond donors (Lipinski definition) is 1. The molecule has 28 heavy (non-hydrogen) atoms. The largest absolute Gasteiger partial charge is 0.507 e. The molecule has 1 heterocycles. The van der Waals surface area contributed by atoms with E-state index in [0.29, 0.717) is 0 Å². The molecule has 0 amide bonds. The SMILES string of the molecule is Cc1ccccc1N1CCN(c2ccc(N=Cc3ccccc3O)cc2)CC1. The molecule has 142 valence electrons. The number of benzene rings is 3. The fraction of sp³-hybridized carbons (Fsp3) is 0.208. The summed E-state index contributed by atoms with van der Waals surface area (Å²) in [4.78, 5) is 9.36. The van der Waals surface area contributed by atoms with E-state index >= 15 is 0 Å². The molecule has 1 aliphatic heterocycles. The second kappa shape index (κ2) is 8.17. The lowest BCUT2D eigenvalue weighted by Gasteiger charge is -2.38. The van der Waals surface area contributed by atoms with E-state index in [1.165, 1.54) is 16.9 Å². The first-order valence-electron chi connectivity index (χ1n) is 9.68. The first-order valence-corrected chi connectivity index (χ1v) is 9.68. The molecule has 3 aromatic rings. The molecular weight excluding hydrogens is 346 g/mol. The van der Waals surface area contributed by atoms with Gasteiger partial charge in [-0.2, -0.15) is 0 Å². The highest BCUT2D eigenvalue weighted by Gasteiger charge is 2.18. The van der Waals surface area contributed by atoms with Gasteiger partial charge < -0.3 is 14.9 Å². The maximum Gasteiger partial charge on any atom is 0.124 e. The van der Waals surface area contributed by atoms with Crippen molar-refractivity contribution in [2.45, 2.75) is 6.92 Å². The van der Waals surface area contributed by atoms with Crippen molar-refractivity contribution in [1.29, 1.82) is 0 Å². The van der Waals surface area contributed by atoms with E-state index in [9.17, 15) is 5.11 Å². The Morgan fingerprint density at radius 1 is 0.786 bits per heavy atom. The molecule has 0 atom stereocenters. The fourth-order valence-electron chi connectivity index (χ4n) is 3.61. The zero-order valence-corrected chi connectivity index (χ0v) is 16.1. The number of piperazine rings is 1. The van der Waals surface area contributed by atoms with Crippen molar-refractivity contribution in [3.05, 3.63) is 83.9 Å². The van der Waals surface area contributed by atoms with Gasteiger partial charge in [-0.1, -0.05) is 30.3 Å². The van der Waals surface area contributed by atoms with E-state index in [4.69, 9.17) is 0 Å². The molecule has 4 heteroatoms. The van der Waals surface area contributed by atoms with Crippen molar-refractivity contribution in [3.63, 3.8) is 0 Å². The third-order valence-electron chi connectivity index (χ3n) is 5.24. The quantitative estimate of drug-likeness (QED) is 0.671. The number of hydrogen-bond acceptors (Lipinski definition) is 4. The summed E-state index contributed by atoms with van der Waals surface area (Å²) in [6.07, 6.45) is 1.70. The molecule has 0 aromatic heterocycles. The lowest BCUT2D eigenvalue weighted by molar-refractivity contribution is 0.474. The summed E-state index contributed by atoms with van der Waals surface area (Å²) in [6, 6.07) is 24.1. The first kappa shape index (κ1) is 18.1. The van der Waals surface area contributed by atoms with E-state index in [1.807, 2.05) is 24.3 Å². The molecule has 1 fully saturated rings. The van der Waals surface area contributed by atoms with Crippen LogP contribution in [0, 0.1) is 6.92 Å². The van der Waals surface area contributed by atoms with Crippen molar-refractivity contribution < 1.29 is 5.11 Å². The summed E-state index contributed by atoms with van der Waals surface area (Å²) in [5.74, 6) is 0.245. The van der Waals surface area contributed by atoms with E-state index < -0.39 is 0 Å². The highest BCUT2D eigenvalue weighted by molar-refractivity contribution is 5.85. The summed E-state index contributed by atoms with van der Waals surface area (Å²) in [5, 5.41) is 9.82. The molecule has 4 rings (SSSR count). The lowest BCUT2D eigenvalue weighted by Crippen LogP contribution is -2.46. The Morgan fingerprint density at radius 2 is 1.43 bits per heavy atom. The molecule has 0 aliphatic carbocycles. The normalized spacial score (nSPS) is 14.6. The molecule has 0 radical (unpaired) electrons. The molecule has 0 unspecified atom stereocenters. The summed E-state index contributed by atoms with van der Waals surface area (Å²) >= 11 is 0. The summed E-state index contributed by atoms with van der Waals surface area (Å²) in [6.45, 7) is 6.25. The van der Waals surface area contributed by atoms with Crippen LogP contribution >= 0.6 is 0 Å². The van der Waals surface area contributed by atoms with E-state index in [1.54, 1.807) is 18.3 Å². The zero-order valence-electron chi connectivity index (χ0n) is 16.1. The average molecular weight is 371 g/mol. The van der Waals surface area contributed by atoms with E-state index in [0.717, 1.165) is 37.4 Å². The third-order valence-corrected chi connectivity index (χ3v) is 5.24. The Bertz CT molecular complexity index is 958. The van der Waals surface area contributed by atoms with Crippen molar-refractivity contribution in [1.82, 2.24) is 0 Å². The van der Waals surface area contributed by atoms with Crippen LogP contribution in [0.2, 0.25) is 0 Å². The van der Waals surface area contributed by atoms with Crippen molar-refractivity contribution in [3.8, 4) is 5.75 Å². The number of aromatic hydroxyl groups is 1. The molecule has 4 nitrogen and oxygen atoms in total. The number of aliphatic imine (C=N–C) groups is 1. The topological polar surface area (TPSA) is 39.1 Å². The number of rotatable bonds is 4. The Labute approximate surface area is 166 Å². The van der Waals surface area contributed by atoms with Crippen LogP contribution < -0.4 is 9.80 Å². The molecule has 1 N–H and O–H groups in total. The Morgan fingerprint density at radius 3 is 2.14 bits per heavy atom. The Hall–Kier alpha value is -3.27. The predicted octanol–water partition coefficient (Wildman–Crippen LogP) is 4.78. The van der Waals surface area contributed by atoms with Crippen LogP contribution in [0.25, 0.3) is 0 Å². The number of anilines is 2. The van der Waals surface area contributed by atoms with E-state index in [2.05, 4.69) is 58.1 Å². The van der Waals surface area contributed by atoms with Crippen LogP contribution in [0.1, 0.15) is 11.1 Å². The number of phenolic OH excluding ortho intramolecular Hbond substituents is 1. The zero-order chi connectivity index (χ0) is 19.3. The van der Waals surface area contributed by atoms with Crippen LogP contribution in [0.15, 0.2) is 77.8 Å². The first-order chi connectivity index (χ1) is 13.7. The number of nitrogens with zero attached hydrogens (tertiary/aromatic N) is 3. The summed E-state index contributed by atoms with van der Waals surface area (Å²) in [7, 11) is 0. The standard InChI is InChI=1S/C24H25N3O/c1-19-6-2-4-8-23(19)27-16-14-26(15-17-27)22-12-10-21(11-13-22)25-18-20-7-3-5-9-24(20)28/h2-13,18,28H,14-17H2,1H3. The maximum absolute atomic E-state index is 9.82. The van der Waals surface area contributed by atoms with Crippen LogP contribution in [0.4, 0.5) is 17.1 Å². The summed E-state index contributed by atoms with van der Waals surface area (Å²) < 4.78 is 0. The van der Waals surface area contributed by atoms with Gasteiger partial charge in [0.25, 0.3) is 0 Å². The predicted molar refractivity (Wildman–Crippen MR) is 117 cm³/mol. The molecule has 0 spiro atoms. The number of phenols is 1. The second-order valence-electron chi connectivity index (χ2n) is 7.09. The molecular formula is C24H25N3O. The minimum atomic E-state index is 0.245. The van der Waals surface area contributed by atoms with Crippen LogP contribution in [-0.2, 0) is 0 Å². The second-order valence-corrected chi connectivity index (χ2v) is 7.09. The van der Waals surface area contributed by atoms with Gasteiger partial charge >= 0.3 is 0 Å². The van der Waals surface area contributed by atoms with Crippen LogP contribution in [0.5, 0.6) is 5.75 Å². The van der Waals surface area contributed by atoms with Crippen molar-refractivity contribution in [2.24, 2.45) is 4.99 Å². The van der Waals surface area contributed by atoms with Gasteiger partial charge in [-0.3, -0.25) is 4.99 Å². The molecule has 3 aromatic carbocycles. The van der Waals surface area contributed by atoms with Gasteiger partial charge in [0, 0.05) is 49.3 Å². The monoisotopic (exact) mass is 371 g/mol. The van der Waals surface area contributed by atoms with Gasteiger partial charge in [-0.05, 0) is 55.0 Å². The molecule has 1 saturated heterocycles. The highest BCUT2D eigenvalue weighted by atomic mass is 16.3. The van der Waals surface area contributed by atoms with Crippen molar-refractivity contribution in [2.75, 3.05) is 36.0 Å². The van der Waals surface area contributed by atoms with Crippen LogP contribution in [0.3, 0.4) is 0 Å².